The number of thioether (sulfide) groups is 2. The molecule has 1 aliphatic rings. The summed E-state index contributed by atoms with van der Waals surface area (Å²) in [4.78, 5) is 9.91. The molecule has 1 heterocycles. The highest BCUT2D eigenvalue weighted by molar-refractivity contribution is 8.14. The maximum atomic E-state index is 5.11. The lowest BCUT2D eigenvalue weighted by atomic mass is 9.81. The van der Waals surface area contributed by atoms with Gasteiger partial charge in [0.1, 0.15) is 5.54 Å². The maximum Gasteiger partial charge on any atom is 0.115 e. The van der Waals surface area contributed by atoms with Crippen LogP contribution in [-0.2, 0) is 6.42 Å². The average Bonchev–Trinajstić information content (AvgIpc) is 2.48. The van der Waals surface area contributed by atoms with Crippen LogP contribution >= 0.6 is 23.5 Å². The number of nitrogens with zero attached hydrogens (tertiary/aromatic N) is 2. The third-order valence-electron chi connectivity index (χ3n) is 3.75. The number of aliphatic imine (C=N–C) groups is 2. The molecule has 0 aliphatic carbocycles. The molecule has 1 aromatic carbocycles. The topological polar surface area (TPSA) is 24.7 Å². The van der Waals surface area contributed by atoms with Crippen LogP contribution in [0.4, 0.5) is 0 Å². The molecule has 2 nitrogen and oxygen atoms in total. The SMILES string of the molecule is CSC1=NC(Cc2ccccc2)(C(C)C)C(SC)=NC1. The largest absolute Gasteiger partial charge is 0.273 e. The van der Waals surface area contributed by atoms with E-state index in [1.807, 2.05) is 0 Å². The van der Waals surface area contributed by atoms with Crippen molar-refractivity contribution in [1.29, 1.82) is 0 Å². The first kappa shape index (κ1) is 15.6. The molecule has 2 rings (SSSR count). The maximum absolute atomic E-state index is 5.11. The van der Waals surface area contributed by atoms with Gasteiger partial charge in [0, 0.05) is 6.42 Å². The van der Waals surface area contributed by atoms with E-state index in [4.69, 9.17) is 9.98 Å². The molecule has 20 heavy (non-hydrogen) atoms. The van der Waals surface area contributed by atoms with Crippen LogP contribution in [0.5, 0.6) is 0 Å². The fourth-order valence-corrected chi connectivity index (χ4v) is 3.88. The van der Waals surface area contributed by atoms with Gasteiger partial charge in [-0.25, -0.2) is 0 Å². The highest BCUT2D eigenvalue weighted by Crippen LogP contribution is 2.35. The van der Waals surface area contributed by atoms with Crippen LogP contribution in [0.2, 0.25) is 0 Å². The van der Waals surface area contributed by atoms with Gasteiger partial charge in [0.15, 0.2) is 0 Å². The predicted molar refractivity (Wildman–Crippen MR) is 94.5 cm³/mol. The minimum Gasteiger partial charge on any atom is -0.273 e. The van der Waals surface area contributed by atoms with Gasteiger partial charge in [0.05, 0.1) is 16.6 Å². The van der Waals surface area contributed by atoms with Crippen LogP contribution in [0, 0.1) is 5.92 Å². The number of hydrogen-bond acceptors (Lipinski definition) is 4. The fraction of sp³-hybridized carbons (Fsp3) is 0.500. The molecule has 1 aliphatic heterocycles. The second-order valence-corrected chi connectivity index (χ2v) is 6.95. The zero-order valence-corrected chi connectivity index (χ0v) is 14.2. The van der Waals surface area contributed by atoms with E-state index in [1.165, 1.54) is 10.6 Å². The quantitative estimate of drug-likeness (QED) is 0.837. The highest BCUT2D eigenvalue weighted by atomic mass is 32.2. The Balaban J connectivity index is 2.43. The van der Waals surface area contributed by atoms with Crippen molar-refractivity contribution in [2.24, 2.45) is 15.9 Å². The van der Waals surface area contributed by atoms with Crippen LogP contribution in [0.1, 0.15) is 19.4 Å². The molecule has 0 spiro atoms. The van der Waals surface area contributed by atoms with Crippen molar-refractivity contribution in [3.8, 4) is 0 Å². The van der Waals surface area contributed by atoms with E-state index in [0.29, 0.717) is 5.92 Å². The molecule has 108 valence electrons. The molecule has 0 aromatic heterocycles. The van der Waals surface area contributed by atoms with E-state index >= 15 is 0 Å². The number of benzene rings is 1. The summed E-state index contributed by atoms with van der Waals surface area (Å²) in [6, 6.07) is 10.6. The molecule has 0 radical (unpaired) electrons. The molecule has 1 unspecified atom stereocenters. The lowest BCUT2D eigenvalue weighted by Gasteiger charge is -2.37. The second-order valence-electron chi connectivity index (χ2n) is 5.28. The minimum absolute atomic E-state index is 0.197. The molecule has 0 amide bonds. The van der Waals surface area contributed by atoms with Crippen molar-refractivity contribution in [3.05, 3.63) is 35.9 Å². The van der Waals surface area contributed by atoms with Crippen LogP contribution in [-0.4, -0.2) is 34.7 Å². The van der Waals surface area contributed by atoms with Gasteiger partial charge in [-0.15, -0.1) is 23.5 Å². The van der Waals surface area contributed by atoms with Crippen molar-refractivity contribution < 1.29 is 0 Å². The first-order valence-electron chi connectivity index (χ1n) is 6.88. The van der Waals surface area contributed by atoms with Gasteiger partial charge in [-0.3, -0.25) is 9.98 Å². The molecule has 1 aromatic rings. The molecular weight excluding hydrogens is 284 g/mol. The Morgan fingerprint density at radius 1 is 1.15 bits per heavy atom. The summed E-state index contributed by atoms with van der Waals surface area (Å²) in [7, 11) is 0. The second kappa shape index (κ2) is 6.81. The van der Waals surface area contributed by atoms with Gasteiger partial charge in [0.25, 0.3) is 0 Å². The molecule has 0 saturated heterocycles. The Labute approximate surface area is 130 Å². The number of hydrogen-bond donors (Lipinski definition) is 0. The Morgan fingerprint density at radius 2 is 1.85 bits per heavy atom. The molecule has 0 N–H and O–H groups in total. The third-order valence-corrected chi connectivity index (χ3v) is 5.31. The standard InChI is InChI=1S/C16H22N2S2/c1-12(2)16(10-13-8-6-5-7-9-13)15(20-4)17-11-14(18-16)19-3/h5-9,12H,10-11H2,1-4H3. The molecule has 0 fully saturated rings. The van der Waals surface area contributed by atoms with Crippen LogP contribution in [0.3, 0.4) is 0 Å². The predicted octanol–water partition coefficient (Wildman–Crippen LogP) is 4.16. The van der Waals surface area contributed by atoms with Crippen LogP contribution < -0.4 is 0 Å². The molecule has 4 heteroatoms. The lowest BCUT2D eigenvalue weighted by Crippen LogP contribution is -2.45. The zero-order chi connectivity index (χ0) is 14.6. The lowest BCUT2D eigenvalue weighted by molar-refractivity contribution is 0.416. The number of rotatable bonds is 3. The summed E-state index contributed by atoms with van der Waals surface area (Å²) >= 11 is 3.47. The summed E-state index contributed by atoms with van der Waals surface area (Å²) in [6.45, 7) is 5.24. The minimum atomic E-state index is -0.197. The Bertz CT molecular complexity index is 508. The summed E-state index contributed by atoms with van der Waals surface area (Å²) in [5.74, 6) is 0.427. The Kier molecular flexibility index (Phi) is 5.33. The summed E-state index contributed by atoms with van der Waals surface area (Å²) in [6.07, 6.45) is 5.13. The zero-order valence-electron chi connectivity index (χ0n) is 12.6. The van der Waals surface area contributed by atoms with Gasteiger partial charge in [-0.2, -0.15) is 0 Å². The normalized spacial score (nSPS) is 22.6. The van der Waals surface area contributed by atoms with Crippen molar-refractivity contribution in [1.82, 2.24) is 0 Å². The van der Waals surface area contributed by atoms with E-state index in [1.54, 1.807) is 23.5 Å². The molecular formula is C16H22N2S2. The van der Waals surface area contributed by atoms with Gasteiger partial charge in [0.2, 0.25) is 0 Å². The van der Waals surface area contributed by atoms with Gasteiger partial charge >= 0.3 is 0 Å². The Morgan fingerprint density at radius 3 is 2.40 bits per heavy atom. The monoisotopic (exact) mass is 306 g/mol. The summed E-state index contributed by atoms with van der Waals surface area (Å²) < 4.78 is 0. The van der Waals surface area contributed by atoms with Crippen molar-refractivity contribution >= 4 is 33.6 Å². The van der Waals surface area contributed by atoms with E-state index in [-0.39, 0.29) is 5.54 Å². The smallest absolute Gasteiger partial charge is 0.115 e. The van der Waals surface area contributed by atoms with Crippen molar-refractivity contribution in [2.75, 3.05) is 19.1 Å². The van der Waals surface area contributed by atoms with Gasteiger partial charge in [-0.1, -0.05) is 44.2 Å². The molecule has 0 saturated carbocycles. The van der Waals surface area contributed by atoms with Crippen LogP contribution in [0.15, 0.2) is 40.3 Å². The van der Waals surface area contributed by atoms with Gasteiger partial charge < -0.3 is 0 Å². The fourth-order valence-electron chi connectivity index (χ4n) is 2.54. The average molecular weight is 307 g/mol. The van der Waals surface area contributed by atoms with Crippen molar-refractivity contribution in [3.63, 3.8) is 0 Å². The highest BCUT2D eigenvalue weighted by Gasteiger charge is 2.41. The Hall–Kier alpha value is -0.740. The van der Waals surface area contributed by atoms with E-state index in [9.17, 15) is 0 Å². The summed E-state index contributed by atoms with van der Waals surface area (Å²) in [5.41, 5.74) is 1.13. The van der Waals surface area contributed by atoms with E-state index < -0.39 is 0 Å². The van der Waals surface area contributed by atoms with Gasteiger partial charge in [-0.05, 0) is 24.0 Å². The molecule has 1 atom stereocenters. The first-order valence-corrected chi connectivity index (χ1v) is 9.33. The summed E-state index contributed by atoms with van der Waals surface area (Å²) in [5, 5.41) is 2.32. The van der Waals surface area contributed by atoms with E-state index in [2.05, 4.69) is 56.7 Å². The molecule has 0 bridgehead atoms. The first-order chi connectivity index (χ1) is 9.62. The van der Waals surface area contributed by atoms with Crippen molar-refractivity contribution in [2.45, 2.75) is 25.8 Å². The third kappa shape index (κ3) is 3.12. The van der Waals surface area contributed by atoms with Crippen LogP contribution in [0.25, 0.3) is 0 Å². The van der Waals surface area contributed by atoms with E-state index in [0.717, 1.165) is 18.0 Å².